The molecule has 2 aromatic carbocycles. The first-order valence-electron chi connectivity index (χ1n) is 9.21. The Kier molecular flexibility index (Phi) is 7.97. The van der Waals surface area contributed by atoms with Crippen LogP contribution in [0.15, 0.2) is 77.9 Å². The summed E-state index contributed by atoms with van der Waals surface area (Å²) >= 11 is 0. The fourth-order valence-electron chi connectivity index (χ4n) is 2.77. The highest BCUT2D eigenvalue weighted by atomic mass is 15.4. The second-order valence-corrected chi connectivity index (χ2v) is 6.86. The highest BCUT2D eigenvalue weighted by molar-refractivity contribution is 5.80. The lowest BCUT2D eigenvalue weighted by atomic mass is 9.99. The molecule has 0 bridgehead atoms. The van der Waals surface area contributed by atoms with E-state index in [9.17, 15) is 0 Å². The lowest BCUT2D eigenvalue weighted by Crippen LogP contribution is -2.20. The van der Waals surface area contributed by atoms with Crippen LogP contribution >= 0.6 is 0 Å². The van der Waals surface area contributed by atoms with Crippen molar-refractivity contribution >= 4 is 11.9 Å². The van der Waals surface area contributed by atoms with E-state index >= 15 is 0 Å². The third kappa shape index (κ3) is 7.38. The number of hydrogen-bond acceptors (Lipinski definition) is 2. The molecule has 0 saturated heterocycles. The van der Waals surface area contributed by atoms with Crippen LogP contribution in [0.3, 0.4) is 0 Å². The highest BCUT2D eigenvalue weighted by Crippen LogP contribution is 2.19. The average Bonchev–Trinajstić information content (AvgIpc) is 2.63. The lowest BCUT2D eigenvalue weighted by Gasteiger charge is -2.21. The van der Waals surface area contributed by atoms with Crippen molar-refractivity contribution in [1.29, 1.82) is 0 Å². The van der Waals surface area contributed by atoms with Gasteiger partial charge in [-0.05, 0) is 49.8 Å². The molecule has 0 unspecified atom stereocenters. The minimum Gasteiger partial charge on any atom is -0.266 e. The predicted octanol–water partition coefficient (Wildman–Crippen LogP) is 6.30. The lowest BCUT2D eigenvalue weighted by molar-refractivity contribution is 0.474. The van der Waals surface area contributed by atoms with Gasteiger partial charge in [-0.1, -0.05) is 67.4 Å². The van der Waals surface area contributed by atoms with Crippen LogP contribution in [0.5, 0.6) is 0 Å². The molecule has 0 aliphatic rings. The highest BCUT2D eigenvalue weighted by Gasteiger charge is 2.08. The Balaban J connectivity index is 1.95. The molecule has 0 radical (unpaired) electrons. The molecule has 2 rings (SSSR count). The molecule has 2 heteroatoms. The van der Waals surface area contributed by atoms with E-state index in [1.165, 1.54) is 18.4 Å². The predicted molar refractivity (Wildman–Crippen MR) is 110 cm³/mol. The number of hydrazone groups is 1. The first kappa shape index (κ1) is 19.0. The molecule has 0 aromatic heterocycles. The SMILES string of the molecule is C=C(C)CCC[C@H](C)CCN(/N=C\c1ccccc1)c1ccccc1. The number of anilines is 1. The van der Waals surface area contributed by atoms with Crippen molar-refractivity contribution in [2.24, 2.45) is 11.0 Å². The quantitative estimate of drug-likeness (QED) is 0.283. The van der Waals surface area contributed by atoms with Gasteiger partial charge in [0.2, 0.25) is 0 Å². The van der Waals surface area contributed by atoms with Gasteiger partial charge in [0.15, 0.2) is 0 Å². The van der Waals surface area contributed by atoms with E-state index in [0.29, 0.717) is 5.92 Å². The number of allylic oxidation sites excluding steroid dienone is 1. The van der Waals surface area contributed by atoms with Crippen molar-refractivity contribution in [3.05, 3.63) is 78.4 Å². The third-order valence-corrected chi connectivity index (χ3v) is 4.33. The van der Waals surface area contributed by atoms with E-state index in [-0.39, 0.29) is 0 Å². The molecular formula is C23H30N2. The molecule has 0 saturated carbocycles. The van der Waals surface area contributed by atoms with Crippen molar-refractivity contribution in [2.45, 2.75) is 39.5 Å². The van der Waals surface area contributed by atoms with Gasteiger partial charge in [0, 0.05) is 6.54 Å². The van der Waals surface area contributed by atoms with Crippen molar-refractivity contribution < 1.29 is 0 Å². The van der Waals surface area contributed by atoms with Gasteiger partial charge in [-0.25, -0.2) is 0 Å². The fourth-order valence-corrected chi connectivity index (χ4v) is 2.77. The third-order valence-electron chi connectivity index (χ3n) is 4.33. The minimum atomic E-state index is 0.692. The summed E-state index contributed by atoms with van der Waals surface area (Å²) in [7, 11) is 0. The Hall–Kier alpha value is -2.35. The van der Waals surface area contributed by atoms with Gasteiger partial charge in [-0.2, -0.15) is 5.10 Å². The van der Waals surface area contributed by atoms with Crippen LogP contribution in [0, 0.1) is 5.92 Å². The van der Waals surface area contributed by atoms with Crippen LogP contribution in [0.25, 0.3) is 0 Å². The summed E-state index contributed by atoms with van der Waals surface area (Å²) in [6.45, 7) is 9.37. The van der Waals surface area contributed by atoms with Gasteiger partial charge in [-0.15, -0.1) is 6.58 Å². The molecule has 2 aromatic rings. The minimum absolute atomic E-state index is 0.692. The molecule has 0 fully saturated rings. The number of benzene rings is 2. The van der Waals surface area contributed by atoms with Crippen molar-refractivity contribution in [1.82, 2.24) is 0 Å². The maximum Gasteiger partial charge on any atom is 0.0593 e. The summed E-state index contributed by atoms with van der Waals surface area (Å²) < 4.78 is 0. The Bertz CT molecular complexity index is 646. The summed E-state index contributed by atoms with van der Waals surface area (Å²) in [6.07, 6.45) is 6.70. The molecule has 0 amide bonds. The Morgan fingerprint density at radius 2 is 1.68 bits per heavy atom. The number of rotatable bonds is 10. The van der Waals surface area contributed by atoms with Gasteiger partial charge in [0.25, 0.3) is 0 Å². The van der Waals surface area contributed by atoms with Gasteiger partial charge < -0.3 is 0 Å². The van der Waals surface area contributed by atoms with Gasteiger partial charge >= 0.3 is 0 Å². The number of para-hydroxylation sites is 1. The molecule has 0 aliphatic heterocycles. The molecule has 132 valence electrons. The summed E-state index contributed by atoms with van der Waals surface area (Å²) in [5.74, 6) is 0.692. The van der Waals surface area contributed by atoms with Gasteiger partial charge in [-0.3, -0.25) is 5.01 Å². The molecule has 0 spiro atoms. The van der Waals surface area contributed by atoms with Crippen LogP contribution in [0.1, 0.15) is 45.1 Å². The molecule has 25 heavy (non-hydrogen) atoms. The average molecular weight is 335 g/mol. The summed E-state index contributed by atoms with van der Waals surface area (Å²) in [6, 6.07) is 20.7. The number of hydrogen-bond donors (Lipinski definition) is 0. The van der Waals surface area contributed by atoms with Crippen LogP contribution in [-0.4, -0.2) is 12.8 Å². The molecule has 0 N–H and O–H groups in total. The summed E-state index contributed by atoms with van der Waals surface area (Å²) in [4.78, 5) is 0. The van der Waals surface area contributed by atoms with Crippen LogP contribution in [0.4, 0.5) is 5.69 Å². The molecule has 0 aliphatic carbocycles. The maximum atomic E-state index is 4.74. The molecule has 2 nitrogen and oxygen atoms in total. The van der Waals surface area contributed by atoms with E-state index in [2.05, 4.69) is 61.8 Å². The first-order chi connectivity index (χ1) is 12.1. The summed E-state index contributed by atoms with van der Waals surface area (Å²) in [5, 5.41) is 6.85. The molecule has 0 heterocycles. The fraction of sp³-hybridized carbons (Fsp3) is 0.348. The largest absolute Gasteiger partial charge is 0.266 e. The first-order valence-corrected chi connectivity index (χ1v) is 9.21. The van der Waals surface area contributed by atoms with E-state index in [1.54, 1.807) is 0 Å². The maximum absolute atomic E-state index is 4.74. The monoisotopic (exact) mass is 334 g/mol. The number of nitrogens with zero attached hydrogens (tertiary/aromatic N) is 2. The Morgan fingerprint density at radius 3 is 2.32 bits per heavy atom. The van der Waals surface area contributed by atoms with Crippen LogP contribution < -0.4 is 5.01 Å². The Morgan fingerprint density at radius 1 is 1.04 bits per heavy atom. The second-order valence-electron chi connectivity index (χ2n) is 6.86. The van der Waals surface area contributed by atoms with Gasteiger partial charge in [0.05, 0.1) is 11.9 Å². The molecular weight excluding hydrogens is 304 g/mol. The van der Waals surface area contributed by atoms with E-state index < -0.39 is 0 Å². The zero-order chi connectivity index (χ0) is 17.9. The second kappa shape index (κ2) is 10.5. The van der Waals surface area contributed by atoms with Crippen molar-refractivity contribution in [3.8, 4) is 0 Å². The standard InChI is InChI=1S/C23H30N2/c1-20(2)11-10-12-21(3)17-18-25(23-15-8-5-9-16-23)24-19-22-13-6-4-7-14-22/h4-9,13-16,19,21H,1,10-12,17-18H2,2-3H3/b24-19-/t21-/m0/s1. The normalized spacial score (nSPS) is 12.2. The van der Waals surface area contributed by atoms with Crippen LogP contribution in [-0.2, 0) is 0 Å². The smallest absolute Gasteiger partial charge is 0.0593 e. The van der Waals surface area contributed by atoms with Crippen molar-refractivity contribution in [2.75, 3.05) is 11.6 Å². The summed E-state index contributed by atoms with van der Waals surface area (Å²) in [5.41, 5.74) is 3.55. The zero-order valence-corrected chi connectivity index (χ0v) is 15.6. The van der Waals surface area contributed by atoms with Crippen LogP contribution in [0.2, 0.25) is 0 Å². The van der Waals surface area contributed by atoms with E-state index in [4.69, 9.17) is 5.10 Å². The van der Waals surface area contributed by atoms with Gasteiger partial charge in [0.1, 0.15) is 0 Å². The zero-order valence-electron chi connectivity index (χ0n) is 15.6. The van der Waals surface area contributed by atoms with Crippen molar-refractivity contribution in [3.63, 3.8) is 0 Å². The Labute approximate surface area is 152 Å². The van der Waals surface area contributed by atoms with E-state index in [0.717, 1.165) is 30.6 Å². The molecule has 1 atom stereocenters. The topological polar surface area (TPSA) is 15.6 Å². The van der Waals surface area contributed by atoms with E-state index in [1.807, 2.05) is 30.5 Å².